The van der Waals surface area contributed by atoms with Crippen LogP contribution in [0.4, 0.5) is 0 Å². The molecule has 0 bridgehead atoms. The third kappa shape index (κ3) is 14.6. The third-order valence-corrected chi connectivity index (χ3v) is 13.7. The summed E-state index contributed by atoms with van der Waals surface area (Å²) < 4.78 is 22.0. The first-order chi connectivity index (χ1) is 34.8. The molecular weight excluding hydrogens is 992 g/mol. The molecule has 2 aliphatic carbocycles. The van der Waals surface area contributed by atoms with Crippen LogP contribution >= 0.6 is 24.8 Å². The van der Waals surface area contributed by atoms with Crippen LogP contribution in [0.1, 0.15) is 107 Å². The molecule has 0 spiro atoms. The molecule has 0 radical (unpaired) electrons. The van der Waals surface area contributed by atoms with Crippen molar-refractivity contribution in [3.8, 4) is 23.0 Å². The SMILES string of the molecule is CN[C@@H](C)C(=O)N[C@@H](CCCCCC[C@H](NC(=O)[C@H](C)NC)C(=O)N[C@H]1c2ccccc2C[C@@H]1NC(=O)c1c(OC)cccc1OC)C(=O)N[C@H]1c2ccccc2C[C@@H]1NC(=O)c1c(OC)cccc1OC.Cl.Cl. The van der Waals surface area contributed by atoms with Gasteiger partial charge in [-0.15, -0.1) is 24.8 Å². The minimum Gasteiger partial charge on any atom is -0.496 e. The zero-order valence-electron chi connectivity index (χ0n) is 43.3. The molecule has 20 heteroatoms. The summed E-state index contributed by atoms with van der Waals surface area (Å²) in [7, 11) is 9.24. The second-order valence-corrected chi connectivity index (χ2v) is 18.1. The Morgan fingerprint density at radius 3 is 1.14 bits per heavy atom. The van der Waals surface area contributed by atoms with E-state index < -0.39 is 72.0 Å². The molecule has 4 aromatic rings. The van der Waals surface area contributed by atoms with Crippen molar-refractivity contribution in [3.63, 3.8) is 0 Å². The number of benzene rings is 4. The van der Waals surface area contributed by atoms with E-state index in [1.165, 1.54) is 28.4 Å². The fourth-order valence-corrected chi connectivity index (χ4v) is 9.40. The molecule has 0 fully saturated rings. The van der Waals surface area contributed by atoms with Gasteiger partial charge in [0.05, 0.1) is 64.7 Å². The lowest BCUT2D eigenvalue weighted by Gasteiger charge is -2.27. The van der Waals surface area contributed by atoms with Gasteiger partial charge >= 0.3 is 0 Å². The maximum Gasteiger partial charge on any atom is 0.259 e. The van der Waals surface area contributed by atoms with E-state index in [1.54, 1.807) is 64.3 Å². The van der Waals surface area contributed by atoms with Crippen molar-refractivity contribution in [1.82, 2.24) is 42.5 Å². The molecule has 74 heavy (non-hydrogen) atoms. The van der Waals surface area contributed by atoms with Gasteiger partial charge in [0.25, 0.3) is 11.8 Å². The number of methoxy groups -OCH3 is 4. The Morgan fingerprint density at radius 1 is 0.473 bits per heavy atom. The van der Waals surface area contributed by atoms with Crippen LogP contribution in [-0.2, 0) is 32.0 Å². The summed E-state index contributed by atoms with van der Waals surface area (Å²) in [5, 5.41) is 24.3. The van der Waals surface area contributed by atoms with E-state index in [0.717, 1.165) is 22.3 Å². The first-order valence-electron chi connectivity index (χ1n) is 24.5. The first kappa shape index (κ1) is 60.0. The molecule has 2 aliphatic rings. The Morgan fingerprint density at radius 2 is 0.811 bits per heavy atom. The van der Waals surface area contributed by atoms with Gasteiger partial charge in [-0.2, -0.15) is 0 Å². The van der Waals surface area contributed by atoms with Crippen LogP contribution in [0.15, 0.2) is 84.9 Å². The number of halogens is 2. The van der Waals surface area contributed by atoms with Crippen molar-refractivity contribution >= 4 is 60.3 Å². The summed E-state index contributed by atoms with van der Waals surface area (Å²) in [6, 6.07) is 20.3. The van der Waals surface area contributed by atoms with Crippen molar-refractivity contribution in [1.29, 1.82) is 0 Å². The van der Waals surface area contributed by atoms with E-state index in [9.17, 15) is 28.8 Å². The summed E-state index contributed by atoms with van der Waals surface area (Å²) in [5.41, 5.74) is 4.13. The van der Waals surface area contributed by atoms with Gasteiger partial charge in [0.15, 0.2) is 0 Å². The highest BCUT2D eigenvalue weighted by atomic mass is 35.5. The Kier molecular flexibility index (Phi) is 23.3. The van der Waals surface area contributed by atoms with E-state index in [2.05, 4.69) is 42.5 Å². The first-order valence-corrected chi connectivity index (χ1v) is 24.5. The minimum atomic E-state index is -0.903. The van der Waals surface area contributed by atoms with Crippen LogP contribution in [-0.4, -0.2) is 114 Å². The van der Waals surface area contributed by atoms with Gasteiger partial charge in [-0.3, -0.25) is 28.8 Å². The second kappa shape index (κ2) is 28.7. The Labute approximate surface area is 446 Å². The molecule has 18 nitrogen and oxygen atoms in total. The molecule has 0 aliphatic heterocycles. The van der Waals surface area contributed by atoms with Gasteiger partial charge in [-0.1, -0.05) is 86.3 Å². The van der Waals surface area contributed by atoms with Crippen molar-refractivity contribution in [3.05, 3.63) is 118 Å². The molecule has 0 heterocycles. The molecule has 6 rings (SSSR count). The van der Waals surface area contributed by atoms with Crippen LogP contribution in [0.5, 0.6) is 23.0 Å². The molecular formula is C54H72Cl2N8O10. The van der Waals surface area contributed by atoms with E-state index in [0.29, 0.717) is 74.4 Å². The largest absolute Gasteiger partial charge is 0.496 e. The maximum atomic E-state index is 14.3. The molecule has 8 N–H and O–H groups in total. The highest BCUT2D eigenvalue weighted by molar-refractivity contribution is 6.01. The highest BCUT2D eigenvalue weighted by Crippen LogP contribution is 2.36. The lowest BCUT2D eigenvalue weighted by molar-refractivity contribution is -0.130. The lowest BCUT2D eigenvalue weighted by Crippen LogP contribution is -2.53. The number of carbonyl (C=O) groups is 6. The molecule has 402 valence electrons. The number of ether oxygens (including phenoxy) is 4. The normalized spacial score (nSPS) is 17.7. The number of amides is 6. The van der Waals surface area contributed by atoms with E-state index in [1.807, 2.05) is 48.5 Å². The van der Waals surface area contributed by atoms with Gasteiger partial charge in [0.2, 0.25) is 23.6 Å². The summed E-state index contributed by atoms with van der Waals surface area (Å²) >= 11 is 0. The van der Waals surface area contributed by atoms with Gasteiger partial charge in [-0.05, 0) is 100 Å². The van der Waals surface area contributed by atoms with Crippen LogP contribution < -0.4 is 61.5 Å². The Bertz CT molecular complexity index is 2350. The van der Waals surface area contributed by atoms with E-state index >= 15 is 0 Å². The highest BCUT2D eigenvalue weighted by Gasteiger charge is 2.39. The molecule has 0 saturated heterocycles. The number of unbranched alkanes of at least 4 members (excludes halogenated alkanes) is 3. The van der Waals surface area contributed by atoms with Crippen LogP contribution in [0.2, 0.25) is 0 Å². The number of likely N-dealkylation sites (N-methyl/N-ethyl adjacent to an activating group) is 2. The van der Waals surface area contributed by atoms with Gasteiger partial charge < -0.3 is 61.5 Å². The molecule has 0 unspecified atom stereocenters. The predicted octanol–water partition coefficient (Wildman–Crippen LogP) is 4.81. The average molecular weight is 1060 g/mol. The minimum absolute atomic E-state index is 0. The molecule has 8 atom stereocenters. The Hall–Kier alpha value is -6.60. The van der Waals surface area contributed by atoms with Gasteiger partial charge in [0.1, 0.15) is 46.2 Å². The fraction of sp³-hybridized carbons (Fsp3) is 0.444. The van der Waals surface area contributed by atoms with E-state index in [-0.39, 0.29) is 47.8 Å². The summed E-state index contributed by atoms with van der Waals surface area (Å²) in [4.78, 5) is 83.0. The quantitative estimate of drug-likeness (QED) is 0.0418. The zero-order valence-corrected chi connectivity index (χ0v) is 44.9. The fourth-order valence-electron chi connectivity index (χ4n) is 9.40. The second-order valence-electron chi connectivity index (χ2n) is 18.1. The zero-order chi connectivity index (χ0) is 51.9. The van der Waals surface area contributed by atoms with Crippen molar-refractivity contribution in [2.45, 2.75) is 114 Å². The van der Waals surface area contributed by atoms with Gasteiger partial charge in [-0.25, -0.2) is 0 Å². The standard InChI is InChI=1S/C54H70N8O10.2ClH/c1-31(55-3)49(63)57-37(51(65)61-47-35-21-15-13-19-33(35)29-39(47)59-53(67)45-41(69-5)25-17-26-42(45)70-6)23-11-9-10-12-24-38(58-50(64)32(2)56-4)52(66)62-48-36-22-16-14-20-34(36)30-40(48)60-54(68)46-43(71-7)27-18-28-44(46)72-8;;/h13-22,25-28,31-32,37-40,47-48,55-56H,9-12,23-24,29-30H2,1-8H3,(H,57,63)(H,58,64)(H,59,67)(H,60,68)(H,61,65)(H,62,66);2*1H/t31-,32-,37-,38-,39-,40-,47-,48-;;/m0../s1. The third-order valence-electron chi connectivity index (χ3n) is 13.7. The monoisotopic (exact) mass is 1060 g/mol. The lowest BCUT2D eigenvalue weighted by atomic mass is 10.0. The predicted molar refractivity (Wildman–Crippen MR) is 287 cm³/mol. The summed E-state index contributed by atoms with van der Waals surface area (Å²) in [6.07, 6.45) is 3.95. The van der Waals surface area contributed by atoms with Crippen molar-refractivity contribution in [2.75, 3.05) is 42.5 Å². The average Bonchev–Trinajstić information content (AvgIpc) is 3.92. The number of rotatable bonds is 25. The molecule has 6 amide bonds. The molecule has 0 aromatic heterocycles. The topological polar surface area (TPSA) is 236 Å². The number of nitrogens with one attached hydrogen (secondary N) is 8. The maximum absolute atomic E-state index is 14.3. The van der Waals surface area contributed by atoms with Crippen LogP contribution in [0, 0.1) is 0 Å². The summed E-state index contributed by atoms with van der Waals surface area (Å²) in [5.74, 6) is -0.958. The van der Waals surface area contributed by atoms with Crippen LogP contribution in [0.25, 0.3) is 0 Å². The van der Waals surface area contributed by atoms with Crippen molar-refractivity contribution < 1.29 is 47.7 Å². The number of hydrogen-bond donors (Lipinski definition) is 8. The summed E-state index contributed by atoms with van der Waals surface area (Å²) in [6.45, 7) is 3.41. The molecule has 4 aromatic carbocycles. The Balaban J connectivity index is 0.00000593. The number of hydrogen-bond acceptors (Lipinski definition) is 12. The van der Waals surface area contributed by atoms with Crippen molar-refractivity contribution in [2.24, 2.45) is 0 Å². The van der Waals surface area contributed by atoms with Crippen LogP contribution in [0.3, 0.4) is 0 Å². The smallest absolute Gasteiger partial charge is 0.259 e. The van der Waals surface area contributed by atoms with E-state index in [4.69, 9.17) is 18.9 Å². The molecule has 0 saturated carbocycles. The number of carbonyl (C=O) groups excluding carboxylic acids is 6. The number of fused-ring (bicyclic) bond motifs is 2. The van der Waals surface area contributed by atoms with Gasteiger partial charge in [0, 0.05) is 0 Å².